The van der Waals surface area contributed by atoms with Crippen molar-refractivity contribution < 1.29 is 9.53 Å². The average Bonchev–Trinajstić information content (AvgIpc) is 2.49. The molecular formula is C17H30N4O2. The van der Waals surface area contributed by atoms with Crippen LogP contribution in [0.4, 0.5) is 4.79 Å². The SMILES string of the molecule is C=N/C(N)=C\C=C(/C)N1CCC(N(C)C(=O)OC(C)(C)C)CC1. The molecular weight excluding hydrogens is 292 g/mol. The zero-order valence-electron chi connectivity index (χ0n) is 15.0. The summed E-state index contributed by atoms with van der Waals surface area (Å²) in [5, 5.41) is 0. The van der Waals surface area contributed by atoms with Crippen LogP contribution in [0.3, 0.4) is 0 Å². The first-order chi connectivity index (χ1) is 10.6. The summed E-state index contributed by atoms with van der Waals surface area (Å²) in [6, 6.07) is 0.212. The second-order valence-corrected chi connectivity index (χ2v) is 6.87. The van der Waals surface area contributed by atoms with Gasteiger partial charge in [0.2, 0.25) is 0 Å². The highest BCUT2D eigenvalue weighted by atomic mass is 16.6. The number of aliphatic imine (C=N–C) groups is 1. The van der Waals surface area contributed by atoms with Crippen LogP contribution in [0.1, 0.15) is 40.5 Å². The van der Waals surface area contributed by atoms with E-state index in [1.165, 1.54) is 0 Å². The van der Waals surface area contributed by atoms with Gasteiger partial charge in [-0.1, -0.05) is 0 Å². The monoisotopic (exact) mass is 322 g/mol. The Morgan fingerprint density at radius 3 is 2.39 bits per heavy atom. The van der Waals surface area contributed by atoms with Crippen LogP contribution < -0.4 is 5.73 Å². The molecule has 0 unspecified atom stereocenters. The van der Waals surface area contributed by atoms with Crippen molar-refractivity contribution in [2.24, 2.45) is 10.7 Å². The van der Waals surface area contributed by atoms with Crippen LogP contribution in [0.25, 0.3) is 0 Å². The molecule has 6 heteroatoms. The van der Waals surface area contributed by atoms with Gasteiger partial charge in [0.1, 0.15) is 11.4 Å². The predicted molar refractivity (Wildman–Crippen MR) is 94.2 cm³/mol. The van der Waals surface area contributed by atoms with Crippen molar-refractivity contribution in [3.05, 3.63) is 23.7 Å². The second kappa shape index (κ2) is 8.04. The summed E-state index contributed by atoms with van der Waals surface area (Å²) in [6.45, 7) is 12.9. The molecule has 2 N–H and O–H groups in total. The number of nitrogens with zero attached hydrogens (tertiary/aromatic N) is 3. The summed E-state index contributed by atoms with van der Waals surface area (Å²) >= 11 is 0. The van der Waals surface area contributed by atoms with Gasteiger partial charge in [0.15, 0.2) is 0 Å². The maximum Gasteiger partial charge on any atom is 0.410 e. The molecule has 0 saturated carbocycles. The van der Waals surface area contributed by atoms with E-state index in [-0.39, 0.29) is 12.1 Å². The molecule has 1 aliphatic rings. The Hall–Kier alpha value is -1.98. The van der Waals surface area contributed by atoms with Crippen LogP contribution >= 0.6 is 0 Å². The van der Waals surface area contributed by atoms with Crippen LogP contribution in [0.5, 0.6) is 0 Å². The van der Waals surface area contributed by atoms with E-state index in [1.54, 1.807) is 11.0 Å². The van der Waals surface area contributed by atoms with Crippen molar-refractivity contribution in [1.29, 1.82) is 0 Å². The largest absolute Gasteiger partial charge is 0.444 e. The molecule has 0 aromatic heterocycles. The zero-order chi connectivity index (χ0) is 17.6. The maximum atomic E-state index is 12.1. The summed E-state index contributed by atoms with van der Waals surface area (Å²) in [5.74, 6) is 0.406. The number of carbonyl (C=O) groups excluding carboxylic acids is 1. The maximum absolute atomic E-state index is 12.1. The quantitative estimate of drug-likeness (QED) is 0.638. The average molecular weight is 322 g/mol. The van der Waals surface area contributed by atoms with Gasteiger partial charge in [0.05, 0.1) is 0 Å². The molecule has 1 rings (SSSR count). The van der Waals surface area contributed by atoms with Crippen LogP contribution in [0.2, 0.25) is 0 Å². The third-order valence-electron chi connectivity index (χ3n) is 3.87. The van der Waals surface area contributed by atoms with E-state index in [0.29, 0.717) is 5.82 Å². The summed E-state index contributed by atoms with van der Waals surface area (Å²) < 4.78 is 5.43. The van der Waals surface area contributed by atoms with Gasteiger partial charge < -0.3 is 20.3 Å². The first-order valence-corrected chi connectivity index (χ1v) is 7.95. The minimum Gasteiger partial charge on any atom is -0.444 e. The Morgan fingerprint density at radius 1 is 1.35 bits per heavy atom. The van der Waals surface area contributed by atoms with Crippen LogP contribution in [-0.4, -0.2) is 54.4 Å². The lowest BCUT2D eigenvalue weighted by Crippen LogP contribution is -2.46. The molecule has 0 atom stereocenters. The number of ether oxygens (including phenoxy) is 1. The molecule has 130 valence electrons. The van der Waals surface area contributed by atoms with Gasteiger partial charge in [-0.05, 0) is 59.4 Å². The number of carbonyl (C=O) groups is 1. The Bertz CT molecular complexity index is 483. The standard InChI is InChI=1S/C17H30N4O2/c1-13(7-8-15(18)19-5)21-11-9-14(10-12-21)20(6)16(22)23-17(2,3)4/h7-8,14H,5,9-12,18H2,1-4,6H3/b13-7+,15-8-. The lowest BCUT2D eigenvalue weighted by atomic mass is 10.0. The number of likely N-dealkylation sites (tertiary alicyclic amines) is 1. The first kappa shape index (κ1) is 19.1. The fourth-order valence-electron chi connectivity index (χ4n) is 2.45. The van der Waals surface area contributed by atoms with E-state index >= 15 is 0 Å². The Balaban J connectivity index is 2.55. The fourth-order valence-corrected chi connectivity index (χ4v) is 2.45. The van der Waals surface area contributed by atoms with Gasteiger partial charge in [0.25, 0.3) is 0 Å². The Morgan fingerprint density at radius 2 is 1.91 bits per heavy atom. The molecule has 0 aliphatic carbocycles. The van der Waals surface area contributed by atoms with Crippen LogP contribution in [0.15, 0.2) is 28.7 Å². The molecule has 6 nitrogen and oxygen atoms in total. The van der Waals surface area contributed by atoms with Crippen molar-refractivity contribution in [2.75, 3.05) is 20.1 Å². The number of hydrogen-bond donors (Lipinski definition) is 1. The van der Waals surface area contributed by atoms with Gasteiger partial charge in [-0.2, -0.15) is 0 Å². The van der Waals surface area contributed by atoms with Gasteiger partial charge in [0, 0.05) is 31.9 Å². The molecule has 1 heterocycles. The number of amides is 1. The minimum atomic E-state index is -0.461. The van der Waals surface area contributed by atoms with Gasteiger partial charge in [-0.15, -0.1) is 0 Å². The van der Waals surface area contributed by atoms with Crippen molar-refractivity contribution in [3.63, 3.8) is 0 Å². The van der Waals surface area contributed by atoms with E-state index in [4.69, 9.17) is 10.5 Å². The number of piperidine rings is 1. The van der Waals surface area contributed by atoms with Crippen molar-refractivity contribution >= 4 is 12.8 Å². The number of rotatable bonds is 4. The molecule has 1 aliphatic heterocycles. The first-order valence-electron chi connectivity index (χ1n) is 7.95. The molecule has 1 saturated heterocycles. The molecule has 0 aromatic carbocycles. The molecule has 23 heavy (non-hydrogen) atoms. The second-order valence-electron chi connectivity index (χ2n) is 6.87. The van der Waals surface area contributed by atoms with E-state index in [9.17, 15) is 4.79 Å². The van der Waals surface area contributed by atoms with Gasteiger partial charge >= 0.3 is 6.09 Å². The molecule has 0 aromatic rings. The smallest absolute Gasteiger partial charge is 0.410 e. The van der Waals surface area contributed by atoms with Crippen LogP contribution in [-0.2, 0) is 4.74 Å². The lowest BCUT2D eigenvalue weighted by molar-refractivity contribution is 0.0165. The Labute approximate surface area is 139 Å². The zero-order valence-corrected chi connectivity index (χ0v) is 15.0. The Kier molecular flexibility index (Phi) is 6.66. The van der Waals surface area contributed by atoms with E-state index < -0.39 is 5.60 Å². The van der Waals surface area contributed by atoms with Crippen molar-refractivity contribution in [1.82, 2.24) is 9.80 Å². The number of allylic oxidation sites excluding steroid dienone is 3. The lowest BCUT2D eigenvalue weighted by Gasteiger charge is -2.38. The summed E-state index contributed by atoms with van der Waals surface area (Å²) in [5.41, 5.74) is 6.28. The number of nitrogens with two attached hydrogens (primary N) is 1. The van der Waals surface area contributed by atoms with Gasteiger partial charge in [-0.3, -0.25) is 0 Å². The summed E-state index contributed by atoms with van der Waals surface area (Å²) in [4.78, 5) is 19.8. The van der Waals surface area contributed by atoms with E-state index in [2.05, 4.69) is 16.6 Å². The van der Waals surface area contributed by atoms with Crippen molar-refractivity contribution in [3.8, 4) is 0 Å². The molecule has 0 spiro atoms. The van der Waals surface area contributed by atoms with Crippen LogP contribution in [0, 0.1) is 0 Å². The normalized spacial score (nSPS) is 17.9. The van der Waals surface area contributed by atoms with E-state index in [1.807, 2.05) is 40.8 Å². The fraction of sp³-hybridized carbons (Fsp3) is 0.647. The third kappa shape index (κ3) is 6.34. The molecule has 0 bridgehead atoms. The number of hydrogen-bond acceptors (Lipinski definition) is 5. The highest BCUT2D eigenvalue weighted by molar-refractivity contribution is 5.68. The highest BCUT2D eigenvalue weighted by Gasteiger charge is 2.28. The molecule has 1 amide bonds. The van der Waals surface area contributed by atoms with Crippen molar-refractivity contribution in [2.45, 2.75) is 52.2 Å². The highest BCUT2D eigenvalue weighted by Crippen LogP contribution is 2.20. The van der Waals surface area contributed by atoms with Gasteiger partial charge in [-0.25, -0.2) is 9.79 Å². The predicted octanol–water partition coefficient (Wildman–Crippen LogP) is 2.72. The topological polar surface area (TPSA) is 71.2 Å². The van der Waals surface area contributed by atoms with E-state index in [0.717, 1.165) is 31.6 Å². The third-order valence-corrected chi connectivity index (χ3v) is 3.87. The summed E-state index contributed by atoms with van der Waals surface area (Å²) in [7, 11) is 1.82. The minimum absolute atomic E-state index is 0.212. The molecule has 0 radical (unpaired) electrons. The molecule has 1 fully saturated rings. The summed E-state index contributed by atoms with van der Waals surface area (Å²) in [6.07, 6.45) is 5.28.